The van der Waals surface area contributed by atoms with E-state index in [2.05, 4.69) is 10.6 Å². The minimum Gasteiger partial charge on any atom is -0.497 e. The van der Waals surface area contributed by atoms with Crippen molar-refractivity contribution in [2.75, 3.05) is 13.7 Å². The number of hydrogen-bond acceptors (Lipinski definition) is 3. The molecule has 0 saturated carbocycles. The smallest absolute Gasteiger partial charge is 0.237 e. The van der Waals surface area contributed by atoms with Crippen LogP contribution in [-0.4, -0.2) is 25.6 Å². The molecular weight excluding hydrogens is 228 g/mol. The van der Waals surface area contributed by atoms with Crippen LogP contribution in [0.5, 0.6) is 5.75 Å². The predicted molar refractivity (Wildman–Crippen MR) is 70.6 cm³/mol. The first-order valence-electron chi connectivity index (χ1n) is 6.38. The van der Waals surface area contributed by atoms with Crippen molar-refractivity contribution in [3.63, 3.8) is 0 Å². The summed E-state index contributed by atoms with van der Waals surface area (Å²) in [5.74, 6) is 0.899. The van der Waals surface area contributed by atoms with Crippen LogP contribution >= 0.6 is 0 Å². The molecule has 1 fully saturated rings. The molecule has 0 spiro atoms. The monoisotopic (exact) mass is 248 g/mol. The first-order valence-corrected chi connectivity index (χ1v) is 6.38. The van der Waals surface area contributed by atoms with Crippen molar-refractivity contribution in [2.24, 2.45) is 0 Å². The maximum absolute atomic E-state index is 12.0. The van der Waals surface area contributed by atoms with E-state index in [1.165, 1.54) is 0 Å². The molecule has 1 aliphatic rings. The summed E-state index contributed by atoms with van der Waals surface area (Å²) in [5.41, 5.74) is 1.06. The van der Waals surface area contributed by atoms with Crippen LogP contribution in [-0.2, 0) is 4.79 Å². The van der Waals surface area contributed by atoms with Crippen LogP contribution in [0.3, 0.4) is 0 Å². The zero-order valence-electron chi connectivity index (χ0n) is 10.9. The van der Waals surface area contributed by atoms with Gasteiger partial charge in [-0.3, -0.25) is 4.79 Å². The summed E-state index contributed by atoms with van der Waals surface area (Å²) in [6.07, 6.45) is 2.00. The lowest BCUT2D eigenvalue weighted by Gasteiger charge is -2.18. The fourth-order valence-electron chi connectivity index (χ4n) is 2.22. The molecule has 18 heavy (non-hydrogen) atoms. The summed E-state index contributed by atoms with van der Waals surface area (Å²) in [5, 5.41) is 6.23. The SMILES string of the molecule is COc1cccc(C(C)NC(=O)C2CCCN2)c1. The van der Waals surface area contributed by atoms with Crippen LogP contribution < -0.4 is 15.4 Å². The van der Waals surface area contributed by atoms with Crippen LogP contribution in [0.15, 0.2) is 24.3 Å². The maximum atomic E-state index is 12.0. The summed E-state index contributed by atoms with van der Waals surface area (Å²) in [7, 11) is 1.64. The van der Waals surface area contributed by atoms with Crippen molar-refractivity contribution < 1.29 is 9.53 Å². The summed E-state index contributed by atoms with van der Waals surface area (Å²) >= 11 is 0. The highest BCUT2D eigenvalue weighted by atomic mass is 16.5. The van der Waals surface area contributed by atoms with E-state index in [9.17, 15) is 4.79 Å². The second-order valence-electron chi connectivity index (χ2n) is 4.66. The molecule has 1 aromatic carbocycles. The van der Waals surface area contributed by atoms with Gasteiger partial charge in [-0.1, -0.05) is 12.1 Å². The third-order valence-corrected chi connectivity index (χ3v) is 3.33. The van der Waals surface area contributed by atoms with Crippen molar-refractivity contribution >= 4 is 5.91 Å². The fraction of sp³-hybridized carbons (Fsp3) is 0.500. The van der Waals surface area contributed by atoms with Crippen molar-refractivity contribution in [3.8, 4) is 5.75 Å². The fourth-order valence-corrected chi connectivity index (χ4v) is 2.22. The first kappa shape index (κ1) is 12.9. The standard InChI is InChI=1S/C14H20N2O2/c1-10(11-5-3-6-12(9-11)18-2)16-14(17)13-7-4-8-15-13/h3,5-6,9-10,13,15H,4,7-8H2,1-2H3,(H,16,17). The zero-order valence-corrected chi connectivity index (χ0v) is 10.9. The molecule has 1 amide bonds. The molecule has 1 aliphatic heterocycles. The van der Waals surface area contributed by atoms with Crippen LogP contribution in [0.1, 0.15) is 31.4 Å². The van der Waals surface area contributed by atoms with Gasteiger partial charge in [0.25, 0.3) is 0 Å². The van der Waals surface area contributed by atoms with Gasteiger partial charge in [0, 0.05) is 0 Å². The Morgan fingerprint density at radius 2 is 2.39 bits per heavy atom. The molecule has 0 aromatic heterocycles. The minimum absolute atomic E-state index is 0.00463. The zero-order chi connectivity index (χ0) is 13.0. The van der Waals surface area contributed by atoms with Crippen LogP contribution in [0.2, 0.25) is 0 Å². The average Bonchev–Trinajstić information content (AvgIpc) is 2.92. The highest BCUT2D eigenvalue weighted by molar-refractivity contribution is 5.82. The van der Waals surface area contributed by atoms with E-state index in [0.29, 0.717) is 0 Å². The van der Waals surface area contributed by atoms with E-state index in [4.69, 9.17) is 4.74 Å². The lowest BCUT2D eigenvalue weighted by Crippen LogP contribution is -2.41. The summed E-state index contributed by atoms with van der Waals surface area (Å²) in [4.78, 5) is 12.0. The number of amides is 1. The molecule has 2 atom stereocenters. The van der Waals surface area contributed by atoms with Crippen molar-refractivity contribution in [1.29, 1.82) is 0 Å². The van der Waals surface area contributed by atoms with Gasteiger partial charge < -0.3 is 15.4 Å². The van der Waals surface area contributed by atoms with Crippen molar-refractivity contribution in [3.05, 3.63) is 29.8 Å². The molecule has 1 heterocycles. The molecular formula is C14H20N2O2. The second kappa shape index (κ2) is 5.87. The first-order chi connectivity index (χ1) is 8.70. The minimum atomic E-state index is -0.0296. The van der Waals surface area contributed by atoms with E-state index in [0.717, 1.165) is 30.7 Å². The predicted octanol–water partition coefficient (Wildman–Crippen LogP) is 1.62. The highest BCUT2D eigenvalue weighted by Gasteiger charge is 2.23. The van der Waals surface area contributed by atoms with Gasteiger partial charge in [-0.2, -0.15) is 0 Å². The Kier molecular flexibility index (Phi) is 4.20. The number of methoxy groups -OCH3 is 1. The maximum Gasteiger partial charge on any atom is 0.237 e. The number of ether oxygens (including phenoxy) is 1. The van der Waals surface area contributed by atoms with Gasteiger partial charge in [-0.05, 0) is 44.0 Å². The molecule has 0 bridgehead atoms. The topological polar surface area (TPSA) is 50.4 Å². The van der Waals surface area contributed by atoms with E-state index in [-0.39, 0.29) is 18.0 Å². The lowest BCUT2D eigenvalue weighted by atomic mass is 10.1. The van der Waals surface area contributed by atoms with E-state index >= 15 is 0 Å². The van der Waals surface area contributed by atoms with Gasteiger partial charge in [0.2, 0.25) is 5.91 Å². The van der Waals surface area contributed by atoms with Crippen molar-refractivity contribution in [1.82, 2.24) is 10.6 Å². The molecule has 1 aromatic rings. The Morgan fingerprint density at radius 3 is 3.06 bits per heavy atom. The second-order valence-corrected chi connectivity index (χ2v) is 4.66. The largest absolute Gasteiger partial charge is 0.497 e. The molecule has 98 valence electrons. The molecule has 2 unspecified atom stereocenters. The van der Waals surface area contributed by atoms with Gasteiger partial charge in [0.15, 0.2) is 0 Å². The Bertz CT molecular complexity index is 414. The summed E-state index contributed by atoms with van der Waals surface area (Å²) < 4.78 is 5.18. The summed E-state index contributed by atoms with van der Waals surface area (Å²) in [6, 6.07) is 7.75. The number of carbonyl (C=O) groups is 1. The number of benzene rings is 1. The Balaban J connectivity index is 1.97. The Hall–Kier alpha value is -1.55. The number of rotatable bonds is 4. The molecule has 2 rings (SSSR count). The van der Waals surface area contributed by atoms with Gasteiger partial charge in [0.05, 0.1) is 19.2 Å². The molecule has 0 radical (unpaired) electrons. The highest BCUT2D eigenvalue weighted by Crippen LogP contribution is 2.19. The van der Waals surface area contributed by atoms with E-state index in [1.807, 2.05) is 31.2 Å². The summed E-state index contributed by atoms with van der Waals surface area (Å²) in [6.45, 7) is 2.92. The van der Waals surface area contributed by atoms with Crippen LogP contribution in [0, 0.1) is 0 Å². The molecule has 1 saturated heterocycles. The molecule has 4 nitrogen and oxygen atoms in total. The average molecular weight is 248 g/mol. The van der Waals surface area contributed by atoms with E-state index < -0.39 is 0 Å². The lowest BCUT2D eigenvalue weighted by molar-refractivity contribution is -0.123. The van der Waals surface area contributed by atoms with Gasteiger partial charge in [-0.25, -0.2) is 0 Å². The quantitative estimate of drug-likeness (QED) is 0.851. The normalized spacial score (nSPS) is 20.4. The Labute approximate surface area is 108 Å². The number of nitrogens with one attached hydrogen (secondary N) is 2. The van der Waals surface area contributed by atoms with E-state index in [1.54, 1.807) is 7.11 Å². The number of hydrogen-bond donors (Lipinski definition) is 2. The molecule has 2 N–H and O–H groups in total. The van der Waals surface area contributed by atoms with Crippen molar-refractivity contribution in [2.45, 2.75) is 31.8 Å². The Morgan fingerprint density at radius 1 is 1.56 bits per heavy atom. The number of carbonyl (C=O) groups excluding carboxylic acids is 1. The van der Waals surface area contributed by atoms with Gasteiger partial charge in [-0.15, -0.1) is 0 Å². The molecule has 0 aliphatic carbocycles. The molecule has 4 heteroatoms. The third kappa shape index (κ3) is 3.01. The van der Waals surface area contributed by atoms with Gasteiger partial charge >= 0.3 is 0 Å². The van der Waals surface area contributed by atoms with Crippen LogP contribution in [0.4, 0.5) is 0 Å². The third-order valence-electron chi connectivity index (χ3n) is 3.33. The van der Waals surface area contributed by atoms with Crippen LogP contribution in [0.25, 0.3) is 0 Å². The van der Waals surface area contributed by atoms with Gasteiger partial charge in [0.1, 0.15) is 5.75 Å².